The lowest BCUT2D eigenvalue weighted by Crippen LogP contribution is -2.21. The lowest BCUT2D eigenvalue weighted by atomic mass is 11.6. The first kappa shape index (κ1) is 15.3. The fourth-order valence-corrected chi connectivity index (χ4v) is 0. The summed E-state index contributed by atoms with van der Waals surface area (Å²) in [5, 5.41) is 0. The van der Waals surface area contributed by atoms with Crippen LogP contribution in [0.3, 0.4) is 0 Å². The average Bonchev–Trinajstić information content (AvgIpc) is 1.50. The van der Waals surface area contributed by atoms with E-state index in [0.29, 0.717) is 0 Å². The number of halogens is 3. The molecule has 0 saturated heterocycles. The van der Waals surface area contributed by atoms with Crippen LogP contribution in [0.4, 0.5) is 13.2 Å². The molecule has 0 unspecified atom stereocenters. The Bertz CT molecular complexity index is 275. The van der Waals surface area contributed by atoms with E-state index in [4.69, 9.17) is 32.2 Å². The Morgan fingerprint density at radius 3 is 1.23 bits per heavy atom. The van der Waals surface area contributed by atoms with Gasteiger partial charge in [-0.1, -0.05) is 0 Å². The number of hydrogen-bond donors (Lipinski definition) is 3. The molecule has 3 N–H and O–H groups in total. The minimum atomic E-state index is -6.09. The summed E-state index contributed by atoms with van der Waals surface area (Å²) in [6, 6.07) is 0. The second-order valence-corrected chi connectivity index (χ2v) is 3.81. The van der Waals surface area contributed by atoms with Crippen LogP contribution in [-0.4, -0.2) is 33.2 Å². The van der Waals surface area contributed by atoms with Crippen LogP contribution in [0.5, 0.6) is 0 Å². The summed E-state index contributed by atoms with van der Waals surface area (Å²) in [7, 11) is -10.7. The van der Waals surface area contributed by atoms with Gasteiger partial charge in [-0.3, -0.25) is 0 Å². The van der Waals surface area contributed by atoms with Crippen LogP contribution < -0.4 is 0 Å². The number of alkyl halides is 3. The lowest BCUT2D eigenvalue weighted by molar-refractivity contribution is -0.0517. The predicted octanol–water partition coefficient (Wildman–Crippen LogP) is -0.877. The molecular weight excluding hydrogens is 244 g/mol. The number of phosphoric acid groups is 1. The van der Waals surface area contributed by atoms with Gasteiger partial charge < -0.3 is 19.2 Å². The Labute approximate surface area is 69.8 Å². The zero-order valence-electron chi connectivity index (χ0n) is 5.46. The fourth-order valence-electron chi connectivity index (χ4n) is 0. The van der Waals surface area contributed by atoms with Crippen molar-refractivity contribution in [3.8, 4) is 0 Å². The fraction of sp³-hybridized carbons (Fsp3) is 1.00. The van der Waals surface area contributed by atoms with Gasteiger partial charge in [-0.05, 0) is 0 Å². The van der Waals surface area contributed by atoms with Crippen LogP contribution in [0.15, 0.2) is 0 Å². The standard InChI is InChI=1S/CHF3O3S.H3O4P/c2-1(3,4)8(5,6)7;1-5(2,3)4/h(H,5,6,7);(H3,1,2,3,4)/p-1. The monoisotopic (exact) mass is 247 g/mol. The van der Waals surface area contributed by atoms with Gasteiger partial charge in [0.05, 0.1) is 0 Å². The van der Waals surface area contributed by atoms with Gasteiger partial charge >= 0.3 is 13.3 Å². The van der Waals surface area contributed by atoms with Crippen molar-refractivity contribution < 1.29 is 45.4 Å². The molecule has 12 heteroatoms. The van der Waals surface area contributed by atoms with Crippen molar-refractivity contribution in [2.24, 2.45) is 0 Å². The summed E-state index contributed by atoms with van der Waals surface area (Å²) in [6.07, 6.45) is 0. The molecule has 0 amide bonds. The van der Waals surface area contributed by atoms with E-state index < -0.39 is 23.4 Å². The van der Waals surface area contributed by atoms with Gasteiger partial charge in [0.25, 0.3) is 0 Å². The second-order valence-electron chi connectivity index (χ2n) is 1.41. The van der Waals surface area contributed by atoms with Gasteiger partial charge in [-0.25, -0.2) is 13.0 Å². The van der Waals surface area contributed by atoms with Gasteiger partial charge in [-0.2, -0.15) is 13.2 Å². The molecule has 0 aromatic carbocycles. The van der Waals surface area contributed by atoms with Crippen molar-refractivity contribution in [2.75, 3.05) is 0 Å². The molecule has 82 valence electrons. The molecule has 0 aromatic rings. The van der Waals surface area contributed by atoms with Gasteiger partial charge in [0, 0.05) is 0 Å². The summed E-state index contributed by atoms with van der Waals surface area (Å²) in [5.74, 6) is 0. The third-order valence-corrected chi connectivity index (χ3v) is 0.850. The Balaban J connectivity index is 0. The summed E-state index contributed by atoms with van der Waals surface area (Å²) in [5.41, 5.74) is -5.65. The van der Waals surface area contributed by atoms with Crippen molar-refractivity contribution in [2.45, 2.75) is 5.51 Å². The van der Waals surface area contributed by atoms with E-state index in [1.54, 1.807) is 0 Å². The average molecular weight is 247 g/mol. The minimum Gasteiger partial charge on any atom is -0.741 e. The third kappa shape index (κ3) is 14.6. The highest BCUT2D eigenvalue weighted by molar-refractivity contribution is 7.86. The van der Waals surface area contributed by atoms with Gasteiger partial charge in [-0.15, -0.1) is 0 Å². The molecule has 0 bridgehead atoms. The molecule has 0 radical (unpaired) electrons. The molecule has 0 aliphatic heterocycles. The lowest BCUT2D eigenvalue weighted by Gasteiger charge is -2.08. The van der Waals surface area contributed by atoms with Crippen molar-refractivity contribution in [1.82, 2.24) is 0 Å². The maximum Gasteiger partial charge on any atom is 0.485 e. The Morgan fingerprint density at radius 2 is 1.23 bits per heavy atom. The molecule has 0 atom stereocenters. The number of hydrogen-bond acceptors (Lipinski definition) is 4. The highest BCUT2D eigenvalue weighted by Crippen LogP contribution is 2.25. The molecule has 7 nitrogen and oxygen atoms in total. The van der Waals surface area contributed by atoms with Crippen molar-refractivity contribution in [1.29, 1.82) is 0 Å². The Kier molecular flexibility index (Phi) is 5.12. The predicted molar refractivity (Wildman–Crippen MR) is 30.0 cm³/mol. The zero-order valence-corrected chi connectivity index (χ0v) is 7.17. The first-order valence-electron chi connectivity index (χ1n) is 2.05. The molecule has 0 fully saturated rings. The molecule has 0 saturated carbocycles. The topological polar surface area (TPSA) is 135 Å². The first-order valence-corrected chi connectivity index (χ1v) is 5.03. The highest BCUT2D eigenvalue weighted by Gasteiger charge is 2.36. The van der Waals surface area contributed by atoms with E-state index in [-0.39, 0.29) is 0 Å². The first-order chi connectivity index (χ1) is 5.25. The molecule has 0 rings (SSSR count). The summed E-state index contributed by atoms with van der Waals surface area (Å²) in [4.78, 5) is 21.6. The normalized spacial score (nSPS) is 13.2. The van der Waals surface area contributed by atoms with E-state index >= 15 is 0 Å². The summed E-state index contributed by atoms with van der Waals surface area (Å²) in [6.45, 7) is 0. The van der Waals surface area contributed by atoms with Crippen molar-refractivity contribution >= 4 is 17.9 Å². The zero-order chi connectivity index (χ0) is 11.5. The van der Waals surface area contributed by atoms with Gasteiger partial charge in [0.1, 0.15) is 0 Å². The molecule has 0 aromatic heterocycles. The van der Waals surface area contributed by atoms with Gasteiger partial charge in [0.15, 0.2) is 10.1 Å². The van der Waals surface area contributed by atoms with Crippen LogP contribution in [0.25, 0.3) is 0 Å². The minimum absolute atomic E-state index is 4.64. The molecule has 0 aliphatic rings. The Morgan fingerprint density at radius 1 is 1.15 bits per heavy atom. The molecule has 13 heavy (non-hydrogen) atoms. The van der Waals surface area contributed by atoms with Crippen LogP contribution in [-0.2, 0) is 14.7 Å². The maximum absolute atomic E-state index is 10.7. The SMILES string of the molecule is O=P(O)(O)O.O=S(=O)([O-])C(F)(F)F. The molecule has 0 spiro atoms. The largest absolute Gasteiger partial charge is 0.741 e. The maximum atomic E-state index is 10.7. The number of rotatable bonds is 0. The van der Waals surface area contributed by atoms with Crippen molar-refractivity contribution in [3.63, 3.8) is 0 Å². The summed E-state index contributed by atoms with van der Waals surface area (Å²) >= 11 is 0. The molecular formula is CH3F3O7PS-. The van der Waals surface area contributed by atoms with Crippen LogP contribution in [0.2, 0.25) is 0 Å². The third-order valence-electron chi connectivity index (χ3n) is 0.283. The highest BCUT2D eigenvalue weighted by atomic mass is 32.2. The second kappa shape index (κ2) is 4.35. The van der Waals surface area contributed by atoms with E-state index in [1.165, 1.54) is 0 Å². The van der Waals surface area contributed by atoms with E-state index in [1.807, 2.05) is 0 Å². The molecule has 0 heterocycles. The van der Waals surface area contributed by atoms with Crippen LogP contribution >= 0.6 is 7.82 Å². The Hall–Kier alpha value is -0.190. The van der Waals surface area contributed by atoms with Crippen molar-refractivity contribution in [3.05, 3.63) is 0 Å². The molecule has 0 aliphatic carbocycles. The van der Waals surface area contributed by atoms with E-state index in [0.717, 1.165) is 0 Å². The summed E-state index contributed by atoms with van der Waals surface area (Å²) < 4.78 is 67.8. The van der Waals surface area contributed by atoms with E-state index in [2.05, 4.69) is 0 Å². The van der Waals surface area contributed by atoms with Gasteiger partial charge in [0.2, 0.25) is 0 Å². The quantitative estimate of drug-likeness (QED) is 0.287. The van der Waals surface area contributed by atoms with Crippen LogP contribution in [0.1, 0.15) is 0 Å². The van der Waals surface area contributed by atoms with E-state index in [9.17, 15) is 13.2 Å². The van der Waals surface area contributed by atoms with Crippen LogP contribution in [0, 0.1) is 0 Å². The smallest absolute Gasteiger partial charge is 0.485 e.